The fourth-order valence-corrected chi connectivity index (χ4v) is 4.27. The van der Waals surface area contributed by atoms with E-state index in [0.717, 1.165) is 23.0 Å². The maximum atomic E-state index is 13.2. The molecule has 0 saturated carbocycles. The van der Waals surface area contributed by atoms with Crippen LogP contribution in [-0.4, -0.2) is 54.9 Å². The molecule has 2 atom stereocenters. The number of carbonyl (C=O) groups excluding carboxylic acids is 1. The van der Waals surface area contributed by atoms with Crippen molar-refractivity contribution in [3.8, 4) is 5.13 Å². The Morgan fingerprint density at radius 1 is 1.30 bits per heavy atom. The molecule has 2 unspecified atom stereocenters. The quantitative estimate of drug-likeness (QED) is 0.679. The summed E-state index contributed by atoms with van der Waals surface area (Å²) in [5, 5.41) is 15.6. The first-order chi connectivity index (χ1) is 14.2. The number of halogens is 3. The molecule has 0 bridgehead atoms. The Kier molecular flexibility index (Phi) is 5.33. The Labute approximate surface area is 173 Å². The van der Waals surface area contributed by atoms with Crippen LogP contribution < -0.4 is 0 Å². The van der Waals surface area contributed by atoms with Gasteiger partial charge in [-0.3, -0.25) is 9.78 Å². The van der Waals surface area contributed by atoms with Gasteiger partial charge in [-0.05, 0) is 37.1 Å². The summed E-state index contributed by atoms with van der Waals surface area (Å²) >= 11 is 0.910. The van der Waals surface area contributed by atoms with Crippen molar-refractivity contribution in [2.24, 2.45) is 5.92 Å². The molecule has 1 saturated heterocycles. The van der Waals surface area contributed by atoms with Gasteiger partial charge in [0, 0.05) is 36.8 Å². The average Bonchev–Trinajstić information content (AvgIpc) is 3.40. The lowest BCUT2D eigenvalue weighted by molar-refractivity contribution is -0.142. The maximum Gasteiger partial charge on any atom is 0.433 e. The van der Waals surface area contributed by atoms with Crippen LogP contribution in [-0.2, 0) is 12.6 Å². The molecule has 0 aromatic carbocycles. The van der Waals surface area contributed by atoms with E-state index in [1.54, 1.807) is 12.4 Å². The Morgan fingerprint density at radius 2 is 2.03 bits per heavy atom. The van der Waals surface area contributed by atoms with Crippen molar-refractivity contribution in [1.82, 2.24) is 24.6 Å². The summed E-state index contributed by atoms with van der Waals surface area (Å²) < 4.78 is 40.4. The minimum atomic E-state index is -4.59. The number of alkyl halides is 3. The van der Waals surface area contributed by atoms with Crippen LogP contribution in [0.1, 0.15) is 27.4 Å². The number of aromatic nitrogens is 4. The molecule has 4 rings (SSSR count). The van der Waals surface area contributed by atoms with Gasteiger partial charge in [-0.15, -0.1) is 11.3 Å². The Hall–Kier alpha value is -2.79. The van der Waals surface area contributed by atoms with Crippen LogP contribution in [0.15, 0.2) is 36.0 Å². The Bertz CT molecular complexity index is 1050. The van der Waals surface area contributed by atoms with Crippen LogP contribution in [0.5, 0.6) is 0 Å². The number of carbonyl (C=O) groups is 1. The number of thiazole rings is 1. The molecular weight excluding hydrogens is 419 g/mol. The van der Waals surface area contributed by atoms with Gasteiger partial charge in [-0.1, -0.05) is 0 Å². The number of aryl methyl sites for hydroxylation is 1. The lowest BCUT2D eigenvalue weighted by Gasteiger charge is -2.15. The summed E-state index contributed by atoms with van der Waals surface area (Å²) in [7, 11) is 0. The molecule has 3 aromatic rings. The number of aliphatic hydroxyl groups excluding tert-OH is 1. The molecule has 11 heteroatoms. The number of nitrogens with zero attached hydrogens (tertiary/aromatic N) is 5. The average molecular weight is 437 g/mol. The SMILES string of the molecule is Cc1cc(C(F)(F)F)n(-c2nc(C(=O)N3CC(O)C(Cc4ccncc4)C3)cs2)n1. The van der Waals surface area contributed by atoms with Gasteiger partial charge in [-0.2, -0.15) is 18.3 Å². The summed E-state index contributed by atoms with van der Waals surface area (Å²) in [5.74, 6) is -0.564. The van der Waals surface area contributed by atoms with E-state index < -0.39 is 23.9 Å². The van der Waals surface area contributed by atoms with Crippen molar-refractivity contribution in [2.75, 3.05) is 13.1 Å². The number of amides is 1. The number of β-amino-alcohol motifs (C(OH)–C–C–N with tert-alkyl or cyclic N) is 1. The normalized spacial score (nSPS) is 19.4. The Morgan fingerprint density at radius 3 is 2.73 bits per heavy atom. The summed E-state index contributed by atoms with van der Waals surface area (Å²) in [6, 6.07) is 4.64. The molecule has 7 nitrogen and oxygen atoms in total. The molecular formula is C19H18F3N5O2S. The Balaban J connectivity index is 1.50. The smallest absolute Gasteiger partial charge is 0.391 e. The third kappa shape index (κ3) is 4.08. The van der Waals surface area contributed by atoms with Gasteiger partial charge in [0.25, 0.3) is 5.91 Å². The van der Waals surface area contributed by atoms with Crippen LogP contribution in [0, 0.1) is 12.8 Å². The number of hydrogen-bond donors (Lipinski definition) is 1. The fourth-order valence-electron chi connectivity index (χ4n) is 3.51. The van der Waals surface area contributed by atoms with Crippen LogP contribution in [0.25, 0.3) is 5.13 Å². The molecule has 1 amide bonds. The molecule has 1 fully saturated rings. The van der Waals surface area contributed by atoms with E-state index in [-0.39, 0.29) is 29.0 Å². The van der Waals surface area contributed by atoms with Crippen molar-refractivity contribution in [3.63, 3.8) is 0 Å². The zero-order valence-electron chi connectivity index (χ0n) is 15.9. The van der Waals surface area contributed by atoms with Crippen molar-refractivity contribution in [2.45, 2.75) is 25.6 Å². The summed E-state index contributed by atoms with van der Waals surface area (Å²) in [6.07, 6.45) is -1.34. The van der Waals surface area contributed by atoms with Gasteiger partial charge in [0.15, 0.2) is 5.69 Å². The second kappa shape index (κ2) is 7.80. The van der Waals surface area contributed by atoms with E-state index in [9.17, 15) is 23.1 Å². The summed E-state index contributed by atoms with van der Waals surface area (Å²) in [5.41, 5.74) is 0.301. The molecule has 3 aromatic heterocycles. The largest absolute Gasteiger partial charge is 0.433 e. The van der Waals surface area contributed by atoms with E-state index in [2.05, 4.69) is 15.1 Å². The molecule has 0 aliphatic carbocycles. The molecule has 1 aliphatic rings. The van der Waals surface area contributed by atoms with Gasteiger partial charge in [0.1, 0.15) is 5.69 Å². The monoisotopic (exact) mass is 437 g/mol. The third-order valence-electron chi connectivity index (χ3n) is 4.96. The zero-order valence-corrected chi connectivity index (χ0v) is 16.7. The highest BCUT2D eigenvalue weighted by molar-refractivity contribution is 7.12. The topological polar surface area (TPSA) is 84.1 Å². The highest BCUT2D eigenvalue weighted by Crippen LogP contribution is 2.32. The number of likely N-dealkylation sites (tertiary alicyclic amines) is 1. The predicted molar refractivity (Wildman–Crippen MR) is 102 cm³/mol. The number of pyridine rings is 1. The predicted octanol–water partition coefficient (Wildman–Crippen LogP) is 2.73. The van der Waals surface area contributed by atoms with Gasteiger partial charge in [0.2, 0.25) is 5.13 Å². The third-order valence-corrected chi connectivity index (χ3v) is 5.77. The van der Waals surface area contributed by atoms with E-state index in [1.807, 2.05) is 12.1 Å². The fraction of sp³-hybridized carbons (Fsp3) is 0.368. The van der Waals surface area contributed by atoms with Gasteiger partial charge in [0.05, 0.1) is 11.8 Å². The first-order valence-electron chi connectivity index (χ1n) is 9.18. The molecule has 30 heavy (non-hydrogen) atoms. The van der Waals surface area contributed by atoms with Gasteiger partial charge >= 0.3 is 6.18 Å². The van der Waals surface area contributed by atoms with Crippen LogP contribution in [0.4, 0.5) is 13.2 Å². The molecule has 1 aliphatic heterocycles. The molecule has 1 N–H and O–H groups in total. The summed E-state index contributed by atoms with van der Waals surface area (Å²) in [6.45, 7) is 1.94. The van der Waals surface area contributed by atoms with Gasteiger partial charge < -0.3 is 10.0 Å². The molecule has 158 valence electrons. The molecule has 0 spiro atoms. The maximum absolute atomic E-state index is 13.2. The second-order valence-electron chi connectivity index (χ2n) is 7.19. The van der Waals surface area contributed by atoms with Crippen molar-refractivity contribution < 1.29 is 23.1 Å². The number of rotatable bonds is 4. The van der Waals surface area contributed by atoms with Crippen LogP contribution in [0.2, 0.25) is 0 Å². The van der Waals surface area contributed by atoms with E-state index >= 15 is 0 Å². The lowest BCUT2D eigenvalue weighted by atomic mass is 9.97. The standard InChI is InChI=1S/C19H18F3N5O2S/c1-11-6-16(19(20,21)22)27(25-11)18-24-14(10-30-18)17(29)26-8-13(15(28)9-26)7-12-2-4-23-5-3-12/h2-6,10,13,15,28H,7-9H2,1H3. The first-order valence-corrected chi connectivity index (χ1v) is 10.1. The van der Waals surface area contributed by atoms with E-state index in [0.29, 0.717) is 17.6 Å². The van der Waals surface area contributed by atoms with Gasteiger partial charge in [-0.25, -0.2) is 9.67 Å². The van der Waals surface area contributed by atoms with Crippen molar-refractivity contribution in [1.29, 1.82) is 0 Å². The number of aliphatic hydroxyl groups is 1. The molecule has 0 radical (unpaired) electrons. The van der Waals surface area contributed by atoms with Crippen molar-refractivity contribution >= 4 is 17.2 Å². The minimum absolute atomic E-state index is 0.0352. The molecule has 4 heterocycles. The second-order valence-corrected chi connectivity index (χ2v) is 8.03. The highest BCUT2D eigenvalue weighted by Gasteiger charge is 2.38. The lowest BCUT2D eigenvalue weighted by Crippen LogP contribution is -2.30. The summed E-state index contributed by atoms with van der Waals surface area (Å²) in [4.78, 5) is 22.3. The van der Waals surface area contributed by atoms with Crippen LogP contribution >= 0.6 is 11.3 Å². The van der Waals surface area contributed by atoms with E-state index in [1.165, 1.54) is 17.2 Å². The zero-order chi connectivity index (χ0) is 21.5. The minimum Gasteiger partial charge on any atom is -0.391 e. The van der Waals surface area contributed by atoms with Crippen LogP contribution in [0.3, 0.4) is 0 Å². The van der Waals surface area contributed by atoms with Crippen molar-refractivity contribution in [3.05, 3.63) is 58.6 Å². The highest BCUT2D eigenvalue weighted by atomic mass is 32.1. The first kappa shape index (κ1) is 20.5. The number of hydrogen-bond acceptors (Lipinski definition) is 6. The van der Waals surface area contributed by atoms with E-state index in [4.69, 9.17) is 0 Å².